The minimum atomic E-state index is -0.381. The quantitative estimate of drug-likeness (QED) is 0.921. The predicted molar refractivity (Wildman–Crippen MR) is 71.7 cm³/mol. The van der Waals surface area contributed by atoms with E-state index in [1.165, 1.54) is 0 Å². The van der Waals surface area contributed by atoms with Crippen molar-refractivity contribution in [3.05, 3.63) is 35.1 Å². The summed E-state index contributed by atoms with van der Waals surface area (Å²) in [6, 6.07) is 7.29. The van der Waals surface area contributed by atoms with E-state index in [-0.39, 0.29) is 17.9 Å². The molecule has 0 atom stereocenters. The van der Waals surface area contributed by atoms with Crippen LogP contribution in [0.4, 0.5) is 0 Å². The van der Waals surface area contributed by atoms with Gasteiger partial charge in [0.2, 0.25) is 0 Å². The molecule has 0 unspecified atom stereocenters. The normalized spacial score (nSPS) is 16.8. The van der Waals surface area contributed by atoms with Gasteiger partial charge in [0.15, 0.2) is 5.82 Å². The molecule has 1 aliphatic carbocycles. The van der Waals surface area contributed by atoms with Gasteiger partial charge in [-0.15, -0.1) is 12.4 Å². The zero-order valence-electron chi connectivity index (χ0n) is 9.60. The van der Waals surface area contributed by atoms with Crippen molar-refractivity contribution < 1.29 is 4.52 Å². The first kappa shape index (κ1) is 13.3. The van der Waals surface area contributed by atoms with Crippen LogP contribution in [0.1, 0.15) is 25.1 Å². The Hall–Kier alpha value is -1.10. The topological polar surface area (TPSA) is 64.9 Å². The van der Waals surface area contributed by atoms with Gasteiger partial charge in [0.1, 0.15) is 0 Å². The van der Waals surface area contributed by atoms with Crippen molar-refractivity contribution in [3.63, 3.8) is 0 Å². The van der Waals surface area contributed by atoms with Crippen molar-refractivity contribution in [1.29, 1.82) is 0 Å². The van der Waals surface area contributed by atoms with E-state index < -0.39 is 0 Å². The number of nitrogens with zero attached hydrogens (tertiary/aromatic N) is 2. The van der Waals surface area contributed by atoms with Crippen molar-refractivity contribution >= 4 is 24.0 Å². The molecule has 1 aromatic heterocycles. The summed E-state index contributed by atoms with van der Waals surface area (Å²) in [5.41, 5.74) is 6.61. The summed E-state index contributed by atoms with van der Waals surface area (Å²) in [7, 11) is 0. The summed E-state index contributed by atoms with van der Waals surface area (Å²) in [4.78, 5) is 4.36. The monoisotopic (exact) mass is 285 g/mol. The molecule has 4 nitrogen and oxygen atoms in total. The van der Waals surface area contributed by atoms with Gasteiger partial charge in [-0.2, -0.15) is 4.98 Å². The molecular formula is C12H13Cl2N3O. The Bertz CT molecular complexity index is 535. The number of hydrogen-bond donors (Lipinski definition) is 1. The third-order valence-corrected chi connectivity index (χ3v) is 3.46. The maximum Gasteiger partial charge on any atom is 0.257 e. The van der Waals surface area contributed by atoms with Crippen molar-refractivity contribution in [2.45, 2.75) is 24.8 Å². The molecule has 1 fully saturated rings. The zero-order chi connectivity index (χ0) is 11.9. The Labute approximate surface area is 116 Å². The minimum Gasteiger partial charge on any atom is -0.334 e. The largest absolute Gasteiger partial charge is 0.334 e. The van der Waals surface area contributed by atoms with Gasteiger partial charge in [-0.1, -0.05) is 16.8 Å². The fourth-order valence-corrected chi connectivity index (χ4v) is 2.04. The second-order valence-electron chi connectivity index (χ2n) is 4.44. The highest BCUT2D eigenvalue weighted by Crippen LogP contribution is 2.37. The van der Waals surface area contributed by atoms with E-state index in [0.29, 0.717) is 16.7 Å². The van der Waals surface area contributed by atoms with E-state index in [0.717, 1.165) is 24.8 Å². The first-order chi connectivity index (χ1) is 8.17. The van der Waals surface area contributed by atoms with Crippen LogP contribution in [0.15, 0.2) is 28.8 Å². The van der Waals surface area contributed by atoms with Gasteiger partial charge in [0.05, 0.1) is 5.54 Å². The Morgan fingerprint density at radius 3 is 2.44 bits per heavy atom. The molecule has 0 bridgehead atoms. The highest BCUT2D eigenvalue weighted by molar-refractivity contribution is 6.30. The lowest BCUT2D eigenvalue weighted by Gasteiger charge is -2.34. The SMILES string of the molecule is Cl.NC1(c2noc(-c3ccc(Cl)cc3)n2)CCC1. The molecule has 2 aromatic rings. The van der Waals surface area contributed by atoms with Crippen LogP contribution in [-0.2, 0) is 5.54 Å². The molecule has 1 aromatic carbocycles. The number of rotatable bonds is 2. The first-order valence-corrected chi connectivity index (χ1v) is 5.94. The van der Waals surface area contributed by atoms with Crippen molar-refractivity contribution in [2.24, 2.45) is 5.73 Å². The van der Waals surface area contributed by atoms with Gasteiger partial charge in [-0.05, 0) is 43.5 Å². The molecule has 0 radical (unpaired) electrons. The van der Waals surface area contributed by atoms with Crippen molar-refractivity contribution in [1.82, 2.24) is 10.1 Å². The molecule has 2 N–H and O–H groups in total. The van der Waals surface area contributed by atoms with E-state index in [9.17, 15) is 0 Å². The number of halogens is 2. The van der Waals surface area contributed by atoms with Crippen LogP contribution in [0.3, 0.4) is 0 Å². The van der Waals surface area contributed by atoms with Gasteiger partial charge in [-0.25, -0.2) is 0 Å². The average molecular weight is 286 g/mol. The van der Waals surface area contributed by atoms with Gasteiger partial charge < -0.3 is 10.3 Å². The van der Waals surface area contributed by atoms with E-state index in [2.05, 4.69) is 10.1 Å². The highest BCUT2D eigenvalue weighted by atomic mass is 35.5. The maximum absolute atomic E-state index is 6.13. The Morgan fingerprint density at radius 2 is 1.89 bits per heavy atom. The Morgan fingerprint density at radius 1 is 1.22 bits per heavy atom. The molecule has 6 heteroatoms. The van der Waals surface area contributed by atoms with Gasteiger partial charge in [0.25, 0.3) is 5.89 Å². The van der Waals surface area contributed by atoms with Crippen molar-refractivity contribution in [3.8, 4) is 11.5 Å². The zero-order valence-corrected chi connectivity index (χ0v) is 11.2. The second kappa shape index (κ2) is 4.88. The summed E-state index contributed by atoms with van der Waals surface area (Å²) in [6.07, 6.45) is 2.97. The summed E-state index contributed by atoms with van der Waals surface area (Å²) in [6.45, 7) is 0. The van der Waals surface area contributed by atoms with Crippen LogP contribution in [0, 0.1) is 0 Å². The second-order valence-corrected chi connectivity index (χ2v) is 4.88. The van der Waals surface area contributed by atoms with Crippen LogP contribution in [0.25, 0.3) is 11.5 Å². The molecule has 1 aliphatic rings. The van der Waals surface area contributed by atoms with E-state index in [1.807, 2.05) is 12.1 Å². The predicted octanol–water partition coefficient (Wildman–Crippen LogP) is 3.15. The fourth-order valence-electron chi connectivity index (χ4n) is 1.92. The smallest absolute Gasteiger partial charge is 0.257 e. The number of benzene rings is 1. The standard InChI is InChI=1S/C12H12ClN3O.ClH/c13-9-4-2-8(3-5-9)10-15-11(16-17-10)12(14)6-1-7-12;/h2-5H,1,6-7,14H2;1H. The summed E-state index contributed by atoms with van der Waals surface area (Å²) < 4.78 is 5.23. The van der Waals surface area contributed by atoms with Crippen LogP contribution >= 0.6 is 24.0 Å². The van der Waals surface area contributed by atoms with Crippen LogP contribution in [0.5, 0.6) is 0 Å². The maximum atomic E-state index is 6.13. The van der Waals surface area contributed by atoms with Gasteiger partial charge in [0, 0.05) is 10.6 Å². The molecule has 0 amide bonds. The third-order valence-electron chi connectivity index (χ3n) is 3.21. The van der Waals surface area contributed by atoms with Crippen LogP contribution < -0.4 is 5.73 Å². The number of hydrogen-bond acceptors (Lipinski definition) is 4. The van der Waals surface area contributed by atoms with E-state index >= 15 is 0 Å². The fraction of sp³-hybridized carbons (Fsp3) is 0.333. The van der Waals surface area contributed by atoms with E-state index in [1.54, 1.807) is 12.1 Å². The molecule has 1 saturated carbocycles. The lowest BCUT2D eigenvalue weighted by atomic mass is 9.77. The van der Waals surface area contributed by atoms with Gasteiger partial charge >= 0.3 is 0 Å². The highest BCUT2D eigenvalue weighted by Gasteiger charge is 2.39. The molecule has 96 valence electrons. The molecule has 18 heavy (non-hydrogen) atoms. The third kappa shape index (κ3) is 2.23. The summed E-state index contributed by atoms with van der Waals surface area (Å²) in [5.74, 6) is 1.10. The molecule has 0 aliphatic heterocycles. The lowest BCUT2D eigenvalue weighted by Crippen LogP contribution is -2.44. The molecule has 3 rings (SSSR count). The van der Waals surface area contributed by atoms with Crippen LogP contribution in [0.2, 0.25) is 5.02 Å². The van der Waals surface area contributed by atoms with E-state index in [4.69, 9.17) is 21.9 Å². The molecular weight excluding hydrogens is 273 g/mol. The Kier molecular flexibility index (Phi) is 3.61. The molecule has 0 saturated heterocycles. The molecule has 0 spiro atoms. The number of nitrogens with two attached hydrogens (primary N) is 1. The van der Waals surface area contributed by atoms with Crippen molar-refractivity contribution in [2.75, 3.05) is 0 Å². The number of aromatic nitrogens is 2. The molecule has 1 heterocycles. The van der Waals surface area contributed by atoms with Gasteiger partial charge in [-0.3, -0.25) is 0 Å². The minimum absolute atomic E-state index is 0. The lowest BCUT2D eigenvalue weighted by molar-refractivity contribution is 0.229. The summed E-state index contributed by atoms with van der Waals surface area (Å²) >= 11 is 5.82. The summed E-state index contributed by atoms with van der Waals surface area (Å²) in [5, 5.41) is 4.65. The first-order valence-electron chi connectivity index (χ1n) is 5.56. The Balaban J connectivity index is 0.00000120. The van der Waals surface area contributed by atoms with Crippen LogP contribution in [-0.4, -0.2) is 10.1 Å². The average Bonchev–Trinajstić information content (AvgIpc) is 2.76.